The van der Waals surface area contributed by atoms with Gasteiger partial charge in [-0.05, 0) is 41.8 Å². The Bertz CT molecular complexity index is 1280. The monoisotopic (exact) mass is 448 g/mol. The minimum Gasteiger partial charge on any atom is -0.497 e. The molecule has 1 atom stereocenters. The molecule has 3 heterocycles. The minimum absolute atomic E-state index is 0.0350. The Morgan fingerprint density at radius 3 is 2.72 bits per heavy atom. The number of ether oxygens (including phenoxy) is 2. The van der Waals surface area contributed by atoms with Gasteiger partial charge in [-0.15, -0.1) is 0 Å². The lowest BCUT2D eigenvalue weighted by Gasteiger charge is -2.23. The summed E-state index contributed by atoms with van der Waals surface area (Å²) in [5.41, 5.74) is 2.91. The van der Waals surface area contributed by atoms with E-state index in [4.69, 9.17) is 14.5 Å². The van der Waals surface area contributed by atoms with Gasteiger partial charge < -0.3 is 14.8 Å². The highest BCUT2D eigenvalue weighted by molar-refractivity contribution is 7.20. The zero-order valence-electron chi connectivity index (χ0n) is 18.2. The molecule has 4 aromatic rings. The Morgan fingerprint density at radius 1 is 1.19 bits per heavy atom. The first-order chi connectivity index (χ1) is 15.5. The first kappa shape index (κ1) is 20.5. The Morgan fingerprint density at radius 2 is 1.97 bits per heavy atom. The molecule has 0 aliphatic carbocycles. The van der Waals surface area contributed by atoms with E-state index in [9.17, 15) is 4.79 Å². The normalized spacial score (nSPS) is 15.6. The van der Waals surface area contributed by atoms with E-state index in [0.717, 1.165) is 32.8 Å². The van der Waals surface area contributed by atoms with Crippen molar-refractivity contribution < 1.29 is 14.3 Å². The van der Waals surface area contributed by atoms with Crippen molar-refractivity contribution in [2.45, 2.75) is 26.2 Å². The number of benzene rings is 2. The van der Waals surface area contributed by atoms with Crippen molar-refractivity contribution in [2.75, 3.05) is 19.0 Å². The molecule has 0 saturated carbocycles. The number of hydrogen-bond donors (Lipinski definition) is 1. The van der Waals surface area contributed by atoms with E-state index < -0.39 is 0 Å². The predicted octanol–water partition coefficient (Wildman–Crippen LogP) is 5.00. The highest BCUT2D eigenvalue weighted by atomic mass is 32.1. The summed E-state index contributed by atoms with van der Waals surface area (Å²) in [5.74, 6) is 2.66. The molecule has 8 heteroatoms. The van der Waals surface area contributed by atoms with E-state index in [1.54, 1.807) is 11.8 Å². The number of aromatic nitrogens is 3. The van der Waals surface area contributed by atoms with Crippen LogP contribution in [0.4, 0.5) is 5.82 Å². The van der Waals surface area contributed by atoms with Crippen molar-refractivity contribution in [1.82, 2.24) is 14.8 Å². The fraction of sp³-hybridized carbons (Fsp3) is 0.292. The average molecular weight is 449 g/mol. The predicted molar refractivity (Wildman–Crippen MR) is 125 cm³/mol. The van der Waals surface area contributed by atoms with Crippen LogP contribution in [0, 0.1) is 5.92 Å². The molecule has 164 valence electrons. The molecule has 0 radical (unpaired) electrons. The molecule has 32 heavy (non-hydrogen) atoms. The molecule has 1 aliphatic heterocycles. The summed E-state index contributed by atoms with van der Waals surface area (Å²) in [6.07, 6.45) is 2.21. The Labute approximate surface area is 190 Å². The maximum Gasteiger partial charge on any atom is 0.226 e. The van der Waals surface area contributed by atoms with Crippen LogP contribution in [0.2, 0.25) is 0 Å². The van der Waals surface area contributed by atoms with Gasteiger partial charge in [0.25, 0.3) is 0 Å². The van der Waals surface area contributed by atoms with Crippen LogP contribution in [0.5, 0.6) is 11.5 Å². The SMILES string of the molecule is COc1ccc2nc(-n3ncc4c3NC(=O)C[C@H]4c3ccc(OCC(C)C)cc3)sc2c1. The van der Waals surface area contributed by atoms with Crippen LogP contribution in [0.3, 0.4) is 0 Å². The van der Waals surface area contributed by atoms with E-state index in [0.29, 0.717) is 29.9 Å². The topological polar surface area (TPSA) is 78.3 Å². The zero-order chi connectivity index (χ0) is 22.2. The fourth-order valence-electron chi connectivity index (χ4n) is 3.83. The first-order valence-electron chi connectivity index (χ1n) is 10.6. The van der Waals surface area contributed by atoms with Gasteiger partial charge in [0, 0.05) is 17.9 Å². The molecule has 0 spiro atoms. The number of nitrogens with one attached hydrogen (secondary N) is 1. The van der Waals surface area contributed by atoms with Gasteiger partial charge in [0.15, 0.2) is 0 Å². The highest BCUT2D eigenvalue weighted by Gasteiger charge is 2.31. The van der Waals surface area contributed by atoms with E-state index >= 15 is 0 Å². The minimum atomic E-state index is -0.0684. The van der Waals surface area contributed by atoms with Gasteiger partial charge in [0.05, 0.1) is 30.1 Å². The molecule has 0 fully saturated rings. The third-order valence-electron chi connectivity index (χ3n) is 5.45. The van der Waals surface area contributed by atoms with Crippen molar-refractivity contribution in [3.05, 3.63) is 59.8 Å². The number of hydrogen-bond acceptors (Lipinski definition) is 6. The van der Waals surface area contributed by atoms with Crippen molar-refractivity contribution in [1.29, 1.82) is 0 Å². The summed E-state index contributed by atoms with van der Waals surface area (Å²) in [7, 11) is 1.64. The first-order valence-corrected chi connectivity index (χ1v) is 11.4. The molecule has 2 aromatic heterocycles. The molecule has 5 rings (SSSR count). The molecule has 0 saturated heterocycles. The van der Waals surface area contributed by atoms with E-state index in [1.807, 2.05) is 48.7 Å². The summed E-state index contributed by atoms with van der Waals surface area (Å²) < 4.78 is 13.8. The summed E-state index contributed by atoms with van der Waals surface area (Å²) in [4.78, 5) is 17.3. The number of nitrogens with zero attached hydrogens (tertiary/aromatic N) is 3. The average Bonchev–Trinajstić information content (AvgIpc) is 3.40. The molecule has 1 amide bonds. The molecule has 0 unspecified atom stereocenters. The molecule has 7 nitrogen and oxygen atoms in total. The number of methoxy groups -OCH3 is 1. The standard InChI is InChI=1S/C24H24N4O3S/c1-14(2)13-31-16-6-4-15(5-7-16)18-11-22(29)27-23-19(18)12-25-28(23)24-26-20-9-8-17(30-3)10-21(20)32-24/h4-10,12,14,18H,11,13H2,1-3H3,(H,27,29)/t18-/m0/s1. The van der Waals surface area contributed by atoms with Crippen LogP contribution in [0.25, 0.3) is 15.3 Å². The lowest BCUT2D eigenvalue weighted by atomic mass is 9.87. The number of rotatable bonds is 6. The third kappa shape index (κ3) is 3.82. The van der Waals surface area contributed by atoms with Gasteiger partial charge in [-0.3, -0.25) is 4.79 Å². The van der Waals surface area contributed by atoms with Gasteiger partial charge in [0.2, 0.25) is 11.0 Å². The molecular formula is C24H24N4O3S. The third-order valence-corrected chi connectivity index (χ3v) is 6.45. The number of fused-ring (bicyclic) bond motifs is 2. The van der Waals surface area contributed by atoms with Crippen LogP contribution >= 0.6 is 11.3 Å². The number of amides is 1. The van der Waals surface area contributed by atoms with Crippen molar-refractivity contribution >= 4 is 33.3 Å². The summed E-state index contributed by atoms with van der Waals surface area (Å²) in [6, 6.07) is 13.8. The second-order valence-corrected chi connectivity index (χ2v) is 9.28. The molecule has 1 aliphatic rings. The summed E-state index contributed by atoms with van der Waals surface area (Å²) >= 11 is 1.51. The second kappa shape index (κ2) is 8.27. The van der Waals surface area contributed by atoms with Gasteiger partial charge in [-0.1, -0.05) is 37.3 Å². The Kier molecular flexibility index (Phi) is 5.30. The van der Waals surface area contributed by atoms with Gasteiger partial charge in [-0.25, -0.2) is 4.98 Å². The van der Waals surface area contributed by atoms with Crippen LogP contribution in [-0.4, -0.2) is 34.4 Å². The van der Waals surface area contributed by atoms with Crippen LogP contribution < -0.4 is 14.8 Å². The van der Waals surface area contributed by atoms with Crippen molar-refractivity contribution in [2.24, 2.45) is 5.92 Å². The molecular weight excluding hydrogens is 424 g/mol. The summed E-state index contributed by atoms with van der Waals surface area (Å²) in [6.45, 7) is 4.92. The quantitative estimate of drug-likeness (QED) is 0.449. The molecule has 2 aromatic carbocycles. The fourth-order valence-corrected chi connectivity index (χ4v) is 4.79. The van der Waals surface area contributed by atoms with Gasteiger partial charge in [0.1, 0.15) is 17.3 Å². The smallest absolute Gasteiger partial charge is 0.226 e. The van der Waals surface area contributed by atoms with Gasteiger partial charge in [-0.2, -0.15) is 9.78 Å². The van der Waals surface area contributed by atoms with E-state index in [-0.39, 0.29) is 11.8 Å². The molecule has 0 bridgehead atoms. The Hall–Kier alpha value is -3.39. The number of carbonyl (C=O) groups is 1. The second-order valence-electron chi connectivity index (χ2n) is 8.27. The van der Waals surface area contributed by atoms with Crippen LogP contribution in [-0.2, 0) is 4.79 Å². The largest absolute Gasteiger partial charge is 0.497 e. The van der Waals surface area contributed by atoms with Gasteiger partial charge >= 0.3 is 0 Å². The van der Waals surface area contributed by atoms with Crippen LogP contribution in [0.1, 0.15) is 37.3 Å². The lowest BCUT2D eigenvalue weighted by molar-refractivity contribution is -0.116. The highest BCUT2D eigenvalue weighted by Crippen LogP contribution is 2.39. The Balaban J connectivity index is 1.48. The maximum absolute atomic E-state index is 12.6. The van der Waals surface area contributed by atoms with Crippen molar-refractivity contribution in [3.63, 3.8) is 0 Å². The number of thiazole rings is 1. The molecule has 1 N–H and O–H groups in total. The number of carbonyl (C=O) groups excluding carboxylic acids is 1. The number of anilines is 1. The van der Waals surface area contributed by atoms with Crippen molar-refractivity contribution in [3.8, 4) is 16.6 Å². The maximum atomic E-state index is 12.6. The summed E-state index contributed by atoms with van der Waals surface area (Å²) in [5, 5.41) is 8.27. The van der Waals surface area contributed by atoms with E-state index in [1.165, 1.54) is 11.3 Å². The van der Waals surface area contributed by atoms with Crippen LogP contribution in [0.15, 0.2) is 48.7 Å². The lowest BCUT2D eigenvalue weighted by Crippen LogP contribution is -2.24. The zero-order valence-corrected chi connectivity index (χ0v) is 19.0. The van der Waals surface area contributed by atoms with E-state index in [2.05, 4.69) is 24.3 Å².